The number of rotatable bonds is 3. The lowest BCUT2D eigenvalue weighted by atomic mass is 9.83. The Balaban J connectivity index is 2.30. The summed E-state index contributed by atoms with van der Waals surface area (Å²) in [5.41, 5.74) is 7.34. The van der Waals surface area contributed by atoms with Crippen molar-refractivity contribution in [1.29, 1.82) is 0 Å². The molecule has 2 rings (SSSR count). The summed E-state index contributed by atoms with van der Waals surface area (Å²) in [5, 5.41) is 0. The second kappa shape index (κ2) is 4.56. The monoisotopic (exact) mass is 220 g/mol. The first-order chi connectivity index (χ1) is 8.58. The Morgan fingerprint density at radius 2 is 1.94 bits per heavy atom. The Bertz CT molecular complexity index is 375. The molecular formula is C14H22N2. The van der Waals surface area contributed by atoms with E-state index < -0.39 is 7.00 Å². The van der Waals surface area contributed by atoms with E-state index in [4.69, 9.17) is 8.48 Å². The Hall–Kier alpha value is -0.860. The smallest absolute Gasteiger partial charge is 0.0481 e. The average Bonchev–Trinajstić information content (AvgIpc) is 2.88. The molecule has 0 radical (unpaired) electrons. The molecule has 0 heterocycles. The van der Waals surface area contributed by atoms with Crippen LogP contribution in [0.5, 0.6) is 0 Å². The van der Waals surface area contributed by atoms with E-state index in [1.165, 1.54) is 0 Å². The first kappa shape index (κ1) is 9.20. The van der Waals surface area contributed by atoms with Crippen molar-refractivity contribution in [3.05, 3.63) is 35.9 Å². The Morgan fingerprint density at radius 3 is 2.50 bits per heavy atom. The predicted molar refractivity (Wildman–Crippen MR) is 68.3 cm³/mol. The predicted octanol–water partition coefficient (Wildman–Crippen LogP) is 2.56. The first-order valence-electron chi connectivity index (χ1n) is 7.11. The summed E-state index contributed by atoms with van der Waals surface area (Å²) in [5.74, 6) is 0. The molecular weight excluding hydrogens is 196 g/mol. The third-order valence-corrected chi connectivity index (χ3v) is 3.91. The molecule has 88 valence electrons. The third kappa shape index (κ3) is 1.87. The van der Waals surface area contributed by atoms with Gasteiger partial charge in [0.15, 0.2) is 0 Å². The highest BCUT2D eigenvalue weighted by Gasteiger charge is 2.41. The van der Waals surface area contributed by atoms with Gasteiger partial charge in [0.1, 0.15) is 0 Å². The van der Waals surface area contributed by atoms with E-state index in [0.717, 1.165) is 31.2 Å². The molecule has 1 aromatic rings. The summed E-state index contributed by atoms with van der Waals surface area (Å²) in [7, 11) is 1.86. The van der Waals surface area contributed by atoms with Gasteiger partial charge in [-0.1, -0.05) is 43.2 Å². The highest BCUT2D eigenvalue weighted by Crippen LogP contribution is 2.41. The van der Waals surface area contributed by atoms with Crippen LogP contribution in [0, 0.1) is 0 Å². The summed E-state index contributed by atoms with van der Waals surface area (Å²) in [6, 6.07) is 9.94. The van der Waals surface area contributed by atoms with Crippen LogP contribution in [0.15, 0.2) is 30.3 Å². The van der Waals surface area contributed by atoms with Crippen molar-refractivity contribution in [2.24, 2.45) is 5.73 Å². The lowest BCUT2D eigenvalue weighted by Crippen LogP contribution is -2.50. The standard InChI is InChI=1S/C14H22N2/c1-16(2)14(10-6-7-11-14)13(15)12-8-4-3-5-9-12/h3-5,8-9,13H,6-7,10-11,15H2,1-2H3/i1D2. The Labute approximate surface area is 101 Å². The van der Waals surface area contributed by atoms with Gasteiger partial charge in [-0.3, -0.25) is 0 Å². The van der Waals surface area contributed by atoms with Crippen molar-refractivity contribution >= 4 is 0 Å². The second-order valence-electron chi connectivity index (χ2n) is 4.81. The summed E-state index contributed by atoms with van der Waals surface area (Å²) in [6.07, 6.45) is 4.23. The molecule has 1 aliphatic rings. The SMILES string of the molecule is [2H]C([2H])N(C)C1(C(N)c2ccccc2)CCCC1. The van der Waals surface area contributed by atoms with E-state index in [2.05, 4.69) is 0 Å². The zero-order chi connectivity index (χ0) is 13.2. The molecule has 1 aromatic carbocycles. The van der Waals surface area contributed by atoms with Gasteiger partial charge in [-0.25, -0.2) is 0 Å². The second-order valence-corrected chi connectivity index (χ2v) is 4.81. The number of benzene rings is 1. The third-order valence-electron chi connectivity index (χ3n) is 3.91. The van der Waals surface area contributed by atoms with Crippen molar-refractivity contribution < 1.29 is 2.74 Å². The molecule has 1 saturated carbocycles. The number of hydrogen-bond acceptors (Lipinski definition) is 2. The Morgan fingerprint density at radius 1 is 1.31 bits per heavy atom. The van der Waals surface area contributed by atoms with Crippen molar-refractivity contribution in [1.82, 2.24) is 4.90 Å². The van der Waals surface area contributed by atoms with Gasteiger partial charge in [0.25, 0.3) is 0 Å². The minimum Gasteiger partial charge on any atom is -0.322 e. The van der Waals surface area contributed by atoms with E-state index in [1.54, 1.807) is 0 Å². The van der Waals surface area contributed by atoms with Crippen LogP contribution in [0.2, 0.25) is 0 Å². The molecule has 2 heteroatoms. The van der Waals surface area contributed by atoms with Gasteiger partial charge in [-0.15, -0.1) is 0 Å². The summed E-state index contributed by atoms with van der Waals surface area (Å²) < 4.78 is 15.3. The number of likely N-dealkylation sites (N-methyl/N-ethyl adjacent to an activating group) is 1. The molecule has 1 unspecified atom stereocenters. The van der Waals surface area contributed by atoms with Gasteiger partial charge in [0.2, 0.25) is 0 Å². The molecule has 0 bridgehead atoms. The maximum absolute atomic E-state index is 7.67. The van der Waals surface area contributed by atoms with E-state index in [-0.39, 0.29) is 11.6 Å². The average molecular weight is 220 g/mol. The van der Waals surface area contributed by atoms with Gasteiger partial charge in [-0.2, -0.15) is 0 Å². The van der Waals surface area contributed by atoms with Crippen LogP contribution in [-0.4, -0.2) is 24.5 Å². The normalized spacial score (nSPS) is 23.2. The van der Waals surface area contributed by atoms with Gasteiger partial charge < -0.3 is 10.6 Å². The zero-order valence-electron chi connectivity index (χ0n) is 11.9. The summed E-state index contributed by atoms with van der Waals surface area (Å²) in [6.45, 7) is -0.960. The molecule has 0 aromatic heterocycles. The number of hydrogen-bond donors (Lipinski definition) is 1. The molecule has 0 saturated heterocycles. The largest absolute Gasteiger partial charge is 0.322 e. The molecule has 1 fully saturated rings. The van der Waals surface area contributed by atoms with Gasteiger partial charge in [-0.05, 0) is 32.5 Å². The fourth-order valence-corrected chi connectivity index (χ4v) is 2.84. The zero-order valence-corrected chi connectivity index (χ0v) is 9.89. The molecule has 1 aliphatic carbocycles. The van der Waals surface area contributed by atoms with Crippen LogP contribution in [0.1, 0.15) is 40.0 Å². The number of nitrogens with zero attached hydrogens (tertiary/aromatic N) is 1. The summed E-state index contributed by atoms with van der Waals surface area (Å²) >= 11 is 0. The fraction of sp³-hybridized carbons (Fsp3) is 0.571. The molecule has 2 nitrogen and oxygen atoms in total. The lowest BCUT2D eigenvalue weighted by molar-refractivity contribution is 0.123. The fourth-order valence-electron chi connectivity index (χ4n) is 2.84. The first-order valence-corrected chi connectivity index (χ1v) is 5.96. The van der Waals surface area contributed by atoms with Crippen LogP contribution >= 0.6 is 0 Å². The highest BCUT2D eigenvalue weighted by molar-refractivity contribution is 5.23. The topological polar surface area (TPSA) is 29.3 Å². The molecule has 0 spiro atoms. The van der Waals surface area contributed by atoms with Gasteiger partial charge in [0.05, 0.1) is 0 Å². The molecule has 2 N–H and O–H groups in total. The van der Waals surface area contributed by atoms with Crippen molar-refractivity contribution in [2.75, 3.05) is 14.0 Å². The maximum Gasteiger partial charge on any atom is 0.0481 e. The lowest BCUT2D eigenvalue weighted by Gasteiger charge is -2.41. The van der Waals surface area contributed by atoms with E-state index >= 15 is 0 Å². The van der Waals surface area contributed by atoms with Gasteiger partial charge in [0, 0.05) is 14.3 Å². The van der Waals surface area contributed by atoms with E-state index in [1.807, 2.05) is 42.3 Å². The molecule has 0 amide bonds. The Kier molecular flexibility index (Phi) is 2.62. The minimum atomic E-state index is -0.960. The molecule has 0 aliphatic heterocycles. The van der Waals surface area contributed by atoms with Crippen molar-refractivity contribution in [3.63, 3.8) is 0 Å². The highest BCUT2D eigenvalue weighted by atomic mass is 15.2. The van der Waals surface area contributed by atoms with Crippen LogP contribution in [0.3, 0.4) is 0 Å². The van der Waals surface area contributed by atoms with Crippen molar-refractivity contribution in [3.8, 4) is 0 Å². The van der Waals surface area contributed by atoms with Crippen LogP contribution in [0.4, 0.5) is 0 Å². The van der Waals surface area contributed by atoms with E-state index in [0.29, 0.717) is 0 Å². The van der Waals surface area contributed by atoms with E-state index in [9.17, 15) is 0 Å². The summed E-state index contributed by atoms with van der Waals surface area (Å²) in [4.78, 5) is 1.83. The maximum atomic E-state index is 7.67. The quantitative estimate of drug-likeness (QED) is 0.848. The molecule has 1 atom stereocenters. The van der Waals surface area contributed by atoms with Crippen LogP contribution < -0.4 is 5.73 Å². The van der Waals surface area contributed by atoms with Gasteiger partial charge >= 0.3 is 0 Å². The molecule has 16 heavy (non-hydrogen) atoms. The number of nitrogens with two attached hydrogens (primary N) is 1. The van der Waals surface area contributed by atoms with Crippen LogP contribution in [0.25, 0.3) is 0 Å². The van der Waals surface area contributed by atoms with Crippen molar-refractivity contribution in [2.45, 2.75) is 37.3 Å². The van der Waals surface area contributed by atoms with Crippen LogP contribution in [-0.2, 0) is 0 Å². The minimum absolute atomic E-state index is 0.121.